The maximum atomic E-state index is 12.6. The number of hydrogen-bond acceptors (Lipinski definition) is 5. The van der Waals surface area contributed by atoms with Crippen LogP contribution in [0, 0.1) is 0 Å². The maximum Gasteiger partial charge on any atom is 0.224 e. The number of amides is 1. The number of guanidine groups is 1. The summed E-state index contributed by atoms with van der Waals surface area (Å²) in [7, 11) is 0. The summed E-state index contributed by atoms with van der Waals surface area (Å²) >= 11 is 1.78. The second-order valence-electron chi connectivity index (χ2n) is 7.28. The highest BCUT2D eigenvalue weighted by Gasteiger charge is 2.21. The molecule has 31 heavy (non-hydrogen) atoms. The molecule has 2 aliphatic heterocycles. The average molecular weight is 556 g/mol. The number of thiophene rings is 1. The van der Waals surface area contributed by atoms with Crippen molar-refractivity contribution >= 4 is 52.9 Å². The smallest absolute Gasteiger partial charge is 0.224 e. The largest absolute Gasteiger partial charge is 0.490 e. The number of rotatable bonds is 5. The van der Waals surface area contributed by atoms with Gasteiger partial charge in [-0.15, -0.1) is 35.3 Å². The minimum absolute atomic E-state index is 0. The van der Waals surface area contributed by atoms with Gasteiger partial charge in [0.1, 0.15) is 0 Å². The minimum atomic E-state index is 0. The van der Waals surface area contributed by atoms with Gasteiger partial charge in [0.2, 0.25) is 5.91 Å². The van der Waals surface area contributed by atoms with Crippen LogP contribution in [0.15, 0.2) is 34.6 Å². The average Bonchev–Trinajstić information content (AvgIpc) is 3.10. The van der Waals surface area contributed by atoms with Gasteiger partial charge >= 0.3 is 0 Å². The topological polar surface area (TPSA) is 75.2 Å². The van der Waals surface area contributed by atoms with Crippen LogP contribution in [0.5, 0.6) is 11.5 Å². The monoisotopic (exact) mass is 556 g/mol. The standard InChI is InChI=1S/C22H28N4O3S.HI/c1-2-23-22(25-17-4-5-18-19(14-17)29-12-3-11-28-18)24-9-6-21(27)26-10-7-20-16(15-26)8-13-30-20;/h4-5,8,13-14H,2-3,6-7,9-12,15H2,1H3,(H2,23,24,25);1H. The van der Waals surface area contributed by atoms with E-state index < -0.39 is 0 Å². The minimum Gasteiger partial charge on any atom is -0.490 e. The molecule has 7 nitrogen and oxygen atoms in total. The number of benzene rings is 1. The first-order valence-corrected chi connectivity index (χ1v) is 11.4. The molecule has 168 valence electrons. The molecule has 0 fully saturated rings. The summed E-state index contributed by atoms with van der Waals surface area (Å²) in [5.41, 5.74) is 2.15. The number of hydrogen-bond donors (Lipinski definition) is 2. The number of nitrogens with one attached hydrogen (secondary N) is 2. The van der Waals surface area contributed by atoms with Gasteiger partial charge in [0.05, 0.1) is 19.8 Å². The third-order valence-corrected chi connectivity index (χ3v) is 6.13. The molecule has 0 bridgehead atoms. The Bertz CT molecular complexity index is 918. The molecule has 2 N–H and O–H groups in total. The second kappa shape index (κ2) is 11.6. The molecule has 0 unspecified atom stereocenters. The molecule has 0 aliphatic carbocycles. The van der Waals surface area contributed by atoms with E-state index in [1.807, 2.05) is 30.0 Å². The van der Waals surface area contributed by atoms with Crippen LogP contribution < -0.4 is 20.1 Å². The highest BCUT2D eigenvalue weighted by molar-refractivity contribution is 14.0. The predicted molar refractivity (Wildman–Crippen MR) is 135 cm³/mol. The van der Waals surface area contributed by atoms with E-state index in [9.17, 15) is 4.79 Å². The molecule has 2 aliphatic rings. The quantitative estimate of drug-likeness (QED) is 0.332. The number of halogens is 1. The third kappa shape index (κ3) is 6.25. The Morgan fingerprint density at radius 2 is 2.06 bits per heavy atom. The van der Waals surface area contributed by atoms with Crippen LogP contribution >= 0.6 is 35.3 Å². The van der Waals surface area contributed by atoms with Crippen molar-refractivity contribution in [3.63, 3.8) is 0 Å². The van der Waals surface area contributed by atoms with Crippen LogP contribution in [0.3, 0.4) is 0 Å². The van der Waals surface area contributed by atoms with E-state index in [2.05, 4.69) is 27.1 Å². The van der Waals surface area contributed by atoms with Gasteiger partial charge < -0.3 is 25.0 Å². The Kier molecular flexibility index (Phi) is 8.82. The SMILES string of the molecule is CCNC(=NCCC(=O)N1CCc2sccc2C1)Nc1ccc2c(c1)OCCCO2.I. The Labute approximate surface area is 204 Å². The Hall–Kier alpha value is -2.01. The highest BCUT2D eigenvalue weighted by Crippen LogP contribution is 2.32. The number of nitrogens with zero attached hydrogens (tertiary/aromatic N) is 2. The summed E-state index contributed by atoms with van der Waals surface area (Å²) in [6.07, 6.45) is 2.23. The van der Waals surface area contributed by atoms with Gasteiger partial charge in [0.15, 0.2) is 17.5 Å². The van der Waals surface area contributed by atoms with Crippen molar-refractivity contribution in [2.75, 3.05) is 38.2 Å². The van der Waals surface area contributed by atoms with Crippen LogP contribution in [0.1, 0.15) is 30.2 Å². The molecular formula is C22H29IN4O3S. The fourth-order valence-corrected chi connectivity index (χ4v) is 4.46. The zero-order chi connectivity index (χ0) is 20.8. The van der Waals surface area contributed by atoms with Gasteiger partial charge in [-0.3, -0.25) is 9.79 Å². The van der Waals surface area contributed by atoms with E-state index in [0.29, 0.717) is 32.1 Å². The van der Waals surface area contributed by atoms with Crippen LogP contribution in [0.25, 0.3) is 0 Å². The molecule has 1 aromatic carbocycles. The van der Waals surface area contributed by atoms with E-state index in [1.54, 1.807) is 11.3 Å². The van der Waals surface area contributed by atoms with Crippen molar-refractivity contribution in [2.45, 2.75) is 32.7 Å². The lowest BCUT2D eigenvalue weighted by Gasteiger charge is -2.26. The number of carbonyl (C=O) groups is 1. The predicted octanol–water partition coefficient (Wildman–Crippen LogP) is 3.88. The molecule has 0 saturated carbocycles. The first-order chi connectivity index (χ1) is 14.7. The Morgan fingerprint density at radius 3 is 2.90 bits per heavy atom. The summed E-state index contributed by atoms with van der Waals surface area (Å²) in [4.78, 5) is 20.5. The highest BCUT2D eigenvalue weighted by atomic mass is 127. The van der Waals surface area contributed by atoms with Crippen LogP contribution in [-0.4, -0.2) is 49.6 Å². The van der Waals surface area contributed by atoms with Gasteiger partial charge in [-0.2, -0.15) is 0 Å². The molecule has 0 atom stereocenters. The summed E-state index contributed by atoms with van der Waals surface area (Å²) in [6, 6.07) is 7.90. The van der Waals surface area contributed by atoms with Crippen LogP contribution in [0.4, 0.5) is 5.69 Å². The summed E-state index contributed by atoms with van der Waals surface area (Å²) in [5.74, 6) is 2.31. The first-order valence-electron chi connectivity index (χ1n) is 10.5. The van der Waals surface area contributed by atoms with Crippen molar-refractivity contribution < 1.29 is 14.3 Å². The molecule has 9 heteroatoms. The molecule has 0 spiro atoms. The van der Waals surface area contributed by atoms with Crippen molar-refractivity contribution in [1.29, 1.82) is 0 Å². The lowest BCUT2D eigenvalue weighted by atomic mass is 10.1. The summed E-state index contributed by atoms with van der Waals surface area (Å²) in [5, 5.41) is 8.63. The molecule has 3 heterocycles. The fraction of sp³-hybridized carbons (Fsp3) is 0.455. The number of carbonyl (C=O) groups excluding carboxylic acids is 1. The van der Waals surface area contributed by atoms with E-state index >= 15 is 0 Å². The van der Waals surface area contributed by atoms with E-state index in [4.69, 9.17) is 9.47 Å². The Balaban J connectivity index is 0.00000272. The molecule has 2 aromatic rings. The maximum absolute atomic E-state index is 12.6. The van der Waals surface area contributed by atoms with Gasteiger partial charge in [0.25, 0.3) is 0 Å². The van der Waals surface area contributed by atoms with Crippen LogP contribution in [0.2, 0.25) is 0 Å². The lowest BCUT2D eigenvalue weighted by molar-refractivity contribution is -0.131. The van der Waals surface area contributed by atoms with Crippen LogP contribution in [-0.2, 0) is 17.8 Å². The van der Waals surface area contributed by atoms with Gasteiger partial charge in [-0.05, 0) is 42.5 Å². The number of aliphatic imine (C=N–C) groups is 1. The van der Waals surface area contributed by atoms with Crippen molar-refractivity contribution in [2.24, 2.45) is 4.99 Å². The van der Waals surface area contributed by atoms with E-state index in [-0.39, 0.29) is 29.9 Å². The number of ether oxygens (including phenoxy) is 2. The normalized spacial score (nSPS) is 15.4. The molecule has 1 aromatic heterocycles. The second-order valence-corrected chi connectivity index (χ2v) is 8.28. The number of fused-ring (bicyclic) bond motifs is 2. The van der Waals surface area contributed by atoms with Crippen molar-refractivity contribution in [3.8, 4) is 11.5 Å². The first kappa shape index (κ1) is 23.6. The Morgan fingerprint density at radius 1 is 1.23 bits per heavy atom. The fourth-order valence-electron chi connectivity index (χ4n) is 3.57. The van der Waals surface area contributed by atoms with E-state index in [0.717, 1.165) is 49.7 Å². The van der Waals surface area contributed by atoms with E-state index in [1.165, 1.54) is 10.4 Å². The van der Waals surface area contributed by atoms with Gasteiger partial charge in [-0.25, -0.2) is 0 Å². The molecule has 0 saturated heterocycles. The van der Waals surface area contributed by atoms with Crippen molar-refractivity contribution in [3.05, 3.63) is 40.1 Å². The molecular weight excluding hydrogens is 527 g/mol. The lowest BCUT2D eigenvalue weighted by Crippen LogP contribution is -2.36. The van der Waals surface area contributed by atoms with Gasteiger partial charge in [-0.1, -0.05) is 0 Å². The summed E-state index contributed by atoms with van der Waals surface area (Å²) in [6.45, 7) is 6.02. The molecule has 4 rings (SSSR count). The van der Waals surface area contributed by atoms with Crippen molar-refractivity contribution in [1.82, 2.24) is 10.2 Å². The summed E-state index contributed by atoms with van der Waals surface area (Å²) < 4.78 is 11.4. The molecule has 1 amide bonds. The zero-order valence-corrected chi connectivity index (χ0v) is 20.8. The number of anilines is 1. The van der Waals surface area contributed by atoms with Gasteiger partial charge in [0, 0.05) is 49.1 Å². The zero-order valence-electron chi connectivity index (χ0n) is 17.7. The molecule has 0 radical (unpaired) electrons. The third-order valence-electron chi connectivity index (χ3n) is 5.11.